The van der Waals surface area contributed by atoms with E-state index in [0.717, 1.165) is 37.5 Å². The van der Waals surface area contributed by atoms with Crippen LogP contribution in [0.15, 0.2) is 0 Å². The number of carbonyl (C=O) groups excluding carboxylic acids is 1. The summed E-state index contributed by atoms with van der Waals surface area (Å²) in [6.45, 7) is 2.45. The average Bonchev–Trinajstić information content (AvgIpc) is 2.89. The van der Waals surface area contributed by atoms with E-state index in [9.17, 15) is 4.79 Å². The van der Waals surface area contributed by atoms with E-state index in [1.165, 1.54) is 29.8 Å². The van der Waals surface area contributed by atoms with Crippen LogP contribution in [0.3, 0.4) is 0 Å². The Bertz CT molecular complexity index is 478. The molecule has 2 aliphatic rings. The fraction of sp³-hybridized carbons (Fsp3) is 0.733. The molecular weight excluding hydrogens is 284 g/mol. The summed E-state index contributed by atoms with van der Waals surface area (Å²) in [5.74, 6) is 0.0675. The first-order valence-electron chi connectivity index (χ1n) is 7.92. The maximum absolute atomic E-state index is 12.2. The number of hydrogen-bond acceptors (Lipinski definition) is 5. The number of nitrogens with one attached hydrogen (secondary N) is 2. The number of likely N-dealkylation sites (tertiary alicyclic amines) is 1. The molecule has 1 unspecified atom stereocenters. The van der Waals surface area contributed by atoms with Gasteiger partial charge in [-0.15, -0.1) is 11.3 Å². The molecule has 0 spiro atoms. The molecule has 2 heterocycles. The third-order valence-corrected chi connectivity index (χ3v) is 5.45. The summed E-state index contributed by atoms with van der Waals surface area (Å²) < 4.78 is 0. The van der Waals surface area contributed by atoms with Gasteiger partial charge in [-0.2, -0.15) is 0 Å². The highest BCUT2D eigenvalue weighted by Crippen LogP contribution is 2.29. The molecule has 0 saturated carbocycles. The Morgan fingerprint density at radius 1 is 1.38 bits per heavy atom. The summed E-state index contributed by atoms with van der Waals surface area (Å²) >= 11 is 1.66. The maximum Gasteiger partial charge on any atom is 0.240 e. The van der Waals surface area contributed by atoms with Crippen molar-refractivity contribution in [3.05, 3.63) is 10.6 Å². The third kappa shape index (κ3) is 3.81. The standard InChI is InChI=1S/C15H24N4OS/c1-16-11-5-4-8-19(9-11)10-14(20)18-15-17-12-6-2-3-7-13(12)21-15/h11,16H,2-10H2,1H3,(H,17,18,20). The smallest absolute Gasteiger partial charge is 0.240 e. The van der Waals surface area contributed by atoms with Crippen LogP contribution in [-0.2, 0) is 17.6 Å². The van der Waals surface area contributed by atoms with Crippen LogP contribution in [0.5, 0.6) is 0 Å². The molecule has 6 heteroatoms. The van der Waals surface area contributed by atoms with Gasteiger partial charge in [0.25, 0.3) is 0 Å². The van der Waals surface area contributed by atoms with Crippen molar-refractivity contribution in [3.63, 3.8) is 0 Å². The van der Waals surface area contributed by atoms with Gasteiger partial charge in [0.15, 0.2) is 5.13 Å². The largest absolute Gasteiger partial charge is 0.316 e. The molecule has 2 N–H and O–H groups in total. The zero-order valence-electron chi connectivity index (χ0n) is 12.7. The molecule has 1 atom stereocenters. The second-order valence-corrected chi connectivity index (χ2v) is 7.09. The zero-order valence-corrected chi connectivity index (χ0v) is 13.5. The lowest BCUT2D eigenvalue weighted by atomic mass is 10.0. The third-order valence-electron chi connectivity index (χ3n) is 4.37. The first-order valence-corrected chi connectivity index (χ1v) is 8.74. The predicted octanol–water partition coefficient (Wildman–Crippen LogP) is 1.64. The van der Waals surface area contributed by atoms with Gasteiger partial charge in [-0.25, -0.2) is 4.98 Å². The van der Waals surface area contributed by atoms with Crippen LogP contribution in [0.25, 0.3) is 0 Å². The van der Waals surface area contributed by atoms with Crippen LogP contribution in [0.1, 0.15) is 36.3 Å². The number of rotatable bonds is 4. The van der Waals surface area contributed by atoms with Gasteiger partial charge >= 0.3 is 0 Å². The maximum atomic E-state index is 12.2. The SMILES string of the molecule is CNC1CCCN(CC(=O)Nc2nc3c(s2)CCCC3)C1. The van der Waals surface area contributed by atoms with Gasteiger partial charge in [-0.05, 0) is 52.1 Å². The summed E-state index contributed by atoms with van der Waals surface area (Å²) in [5, 5.41) is 7.08. The van der Waals surface area contributed by atoms with E-state index in [-0.39, 0.29) is 5.91 Å². The van der Waals surface area contributed by atoms with Crippen molar-refractivity contribution in [1.29, 1.82) is 0 Å². The molecule has 1 aliphatic carbocycles. The van der Waals surface area contributed by atoms with Crippen LogP contribution in [0.2, 0.25) is 0 Å². The van der Waals surface area contributed by atoms with Gasteiger partial charge < -0.3 is 10.6 Å². The van der Waals surface area contributed by atoms with Gasteiger partial charge in [0, 0.05) is 17.5 Å². The molecular formula is C15H24N4OS. The molecule has 1 aliphatic heterocycles. The fourth-order valence-electron chi connectivity index (χ4n) is 3.20. The van der Waals surface area contributed by atoms with Crippen LogP contribution in [-0.4, -0.2) is 48.5 Å². The minimum Gasteiger partial charge on any atom is -0.316 e. The molecule has 0 bridgehead atoms. The summed E-state index contributed by atoms with van der Waals surface area (Å²) in [4.78, 5) is 20.3. The van der Waals surface area contributed by atoms with Gasteiger partial charge in [-0.1, -0.05) is 0 Å². The van der Waals surface area contributed by atoms with Crippen LogP contribution in [0.4, 0.5) is 5.13 Å². The molecule has 1 aromatic heterocycles. The molecule has 1 saturated heterocycles. The van der Waals surface area contributed by atoms with E-state index in [1.54, 1.807) is 11.3 Å². The van der Waals surface area contributed by atoms with Crippen LogP contribution in [0, 0.1) is 0 Å². The number of amides is 1. The summed E-state index contributed by atoms with van der Waals surface area (Å²) in [6, 6.07) is 0.513. The first-order chi connectivity index (χ1) is 10.2. The lowest BCUT2D eigenvalue weighted by Crippen LogP contribution is -2.46. The van der Waals surface area contributed by atoms with Crippen molar-refractivity contribution in [3.8, 4) is 0 Å². The Labute approximate surface area is 130 Å². The lowest BCUT2D eigenvalue weighted by molar-refractivity contribution is -0.117. The van der Waals surface area contributed by atoms with Crippen LogP contribution >= 0.6 is 11.3 Å². The molecule has 1 fully saturated rings. The Hall–Kier alpha value is -0.980. The molecule has 1 aromatic rings. The molecule has 0 radical (unpaired) electrons. The molecule has 3 rings (SSSR count). The number of hydrogen-bond donors (Lipinski definition) is 2. The predicted molar refractivity (Wildman–Crippen MR) is 85.9 cm³/mol. The number of thiazole rings is 1. The van der Waals surface area contributed by atoms with Crippen molar-refractivity contribution in [1.82, 2.24) is 15.2 Å². The highest BCUT2D eigenvalue weighted by Gasteiger charge is 2.21. The topological polar surface area (TPSA) is 57.3 Å². The first kappa shape index (κ1) is 14.9. The number of fused-ring (bicyclic) bond motifs is 1. The Kier molecular flexibility index (Phi) is 4.87. The molecule has 21 heavy (non-hydrogen) atoms. The minimum absolute atomic E-state index is 0.0675. The van der Waals surface area contributed by atoms with Gasteiger partial charge in [0.2, 0.25) is 5.91 Å². The highest BCUT2D eigenvalue weighted by atomic mass is 32.1. The monoisotopic (exact) mass is 308 g/mol. The highest BCUT2D eigenvalue weighted by molar-refractivity contribution is 7.15. The van der Waals surface area contributed by atoms with Crippen molar-refractivity contribution < 1.29 is 4.79 Å². The molecule has 116 valence electrons. The second-order valence-electron chi connectivity index (χ2n) is 6.01. The molecule has 0 aromatic carbocycles. The van der Waals surface area contributed by atoms with Crippen molar-refractivity contribution in [2.75, 3.05) is 32.0 Å². The number of piperidine rings is 1. The number of likely N-dealkylation sites (N-methyl/N-ethyl adjacent to an activating group) is 1. The number of aromatic nitrogens is 1. The number of nitrogens with zero attached hydrogens (tertiary/aromatic N) is 2. The normalized spacial score (nSPS) is 22.8. The Morgan fingerprint density at radius 2 is 2.24 bits per heavy atom. The Morgan fingerprint density at radius 3 is 3.05 bits per heavy atom. The van der Waals surface area contributed by atoms with Crippen molar-refractivity contribution in [2.45, 2.75) is 44.6 Å². The average molecular weight is 308 g/mol. The Balaban J connectivity index is 1.53. The number of anilines is 1. The second kappa shape index (κ2) is 6.85. The van der Waals surface area contributed by atoms with Crippen molar-refractivity contribution >= 4 is 22.4 Å². The minimum atomic E-state index is 0.0675. The summed E-state index contributed by atoms with van der Waals surface area (Å²) in [6.07, 6.45) is 7.03. The van der Waals surface area contributed by atoms with E-state index >= 15 is 0 Å². The number of aryl methyl sites for hydroxylation is 2. The van der Waals surface area contributed by atoms with E-state index in [1.807, 2.05) is 7.05 Å². The van der Waals surface area contributed by atoms with Crippen molar-refractivity contribution in [2.24, 2.45) is 0 Å². The fourth-order valence-corrected chi connectivity index (χ4v) is 4.27. The van der Waals surface area contributed by atoms with E-state index < -0.39 is 0 Å². The summed E-state index contributed by atoms with van der Waals surface area (Å²) in [5.41, 5.74) is 1.20. The lowest BCUT2D eigenvalue weighted by Gasteiger charge is -2.31. The quantitative estimate of drug-likeness (QED) is 0.888. The van der Waals surface area contributed by atoms with E-state index in [0.29, 0.717) is 12.6 Å². The van der Waals surface area contributed by atoms with Gasteiger partial charge in [0.05, 0.1) is 12.2 Å². The zero-order chi connectivity index (χ0) is 14.7. The summed E-state index contributed by atoms with van der Waals surface area (Å²) in [7, 11) is 1.99. The van der Waals surface area contributed by atoms with Gasteiger partial charge in [-0.3, -0.25) is 9.69 Å². The molecule has 1 amide bonds. The van der Waals surface area contributed by atoms with E-state index in [2.05, 4.69) is 20.5 Å². The number of carbonyl (C=O) groups is 1. The van der Waals surface area contributed by atoms with E-state index in [4.69, 9.17) is 0 Å². The van der Waals surface area contributed by atoms with Crippen LogP contribution < -0.4 is 10.6 Å². The molecule has 5 nitrogen and oxygen atoms in total. The van der Waals surface area contributed by atoms with Gasteiger partial charge in [0.1, 0.15) is 0 Å².